The van der Waals surface area contributed by atoms with Crippen molar-refractivity contribution >= 4 is 17.9 Å². The van der Waals surface area contributed by atoms with Gasteiger partial charge in [-0.2, -0.15) is 0 Å². The Morgan fingerprint density at radius 1 is 1.21 bits per heavy atom. The Morgan fingerprint density at radius 3 is 2.37 bits per heavy atom. The van der Waals surface area contributed by atoms with Crippen molar-refractivity contribution < 1.29 is 23.9 Å². The molecule has 0 aliphatic carbocycles. The van der Waals surface area contributed by atoms with Crippen molar-refractivity contribution in [2.24, 2.45) is 5.73 Å². The molecule has 19 heavy (non-hydrogen) atoms. The number of benzene rings is 1. The third kappa shape index (κ3) is 5.07. The number of amides is 3. The van der Waals surface area contributed by atoms with E-state index in [2.05, 4.69) is 4.74 Å². The van der Waals surface area contributed by atoms with Crippen LogP contribution in [0.15, 0.2) is 24.3 Å². The fraction of sp³-hybridized carbons (Fsp3) is 0.250. The lowest BCUT2D eigenvalue weighted by Gasteiger charge is -2.06. The molecule has 0 aliphatic heterocycles. The molecule has 0 saturated heterocycles. The lowest BCUT2D eigenvalue weighted by atomic mass is 10.2. The Morgan fingerprint density at radius 2 is 1.84 bits per heavy atom. The van der Waals surface area contributed by atoms with Crippen LogP contribution in [0.1, 0.15) is 17.3 Å². The normalized spacial score (nSPS) is 9.53. The van der Waals surface area contributed by atoms with Gasteiger partial charge in [-0.05, 0) is 31.2 Å². The van der Waals surface area contributed by atoms with Crippen molar-refractivity contribution in [1.29, 1.82) is 0 Å². The fourth-order valence-electron chi connectivity index (χ4n) is 1.18. The summed E-state index contributed by atoms with van der Waals surface area (Å²) in [6.07, 6.45) is -0.819. The molecule has 0 bridgehead atoms. The first-order valence-electron chi connectivity index (χ1n) is 5.52. The summed E-state index contributed by atoms with van der Waals surface area (Å²) in [6, 6.07) is 5.94. The molecule has 102 valence electrons. The summed E-state index contributed by atoms with van der Waals surface area (Å²) >= 11 is 0. The number of ether oxygens (including phenoxy) is 2. The van der Waals surface area contributed by atoms with Gasteiger partial charge in [0.2, 0.25) is 5.91 Å². The maximum absolute atomic E-state index is 11.3. The number of nitrogens with two attached hydrogens (primary N) is 1. The Balaban J connectivity index is 2.42. The molecule has 0 aromatic heterocycles. The van der Waals surface area contributed by atoms with Gasteiger partial charge >= 0.3 is 6.09 Å². The molecule has 0 aliphatic rings. The average Bonchev–Trinajstić information content (AvgIpc) is 2.37. The van der Waals surface area contributed by atoms with Crippen LogP contribution in [0.2, 0.25) is 0 Å². The predicted octanol–water partition coefficient (Wildman–Crippen LogP) is 0.437. The molecule has 0 radical (unpaired) electrons. The molecule has 0 saturated carbocycles. The number of nitrogens with one attached hydrogen (secondary N) is 1. The maximum Gasteiger partial charge on any atom is 0.413 e. The highest BCUT2D eigenvalue weighted by atomic mass is 16.5. The molecule has 0 atom stereocenters. The monoisotopic (exact) mass is 266 g/mol. The molecule has 7 nitrogen and oxygen atoms in total. The van der Waals surface area contributed by atoms with Crippen LogP contribution in [0.3, 0.4) is 0 Å². The second-order valence-corrected chi connectivity index (χ2v) is 3.45. The van der Waals surface area contributed by atoms with Crippen LogP contribution in [-0.2, 0) is 9.53 Å². The van der Waals surface area contributed by atoms with Crippen molar-refractivity contribution in [2.45, 2.75) is 6.92 Å². The quantitative estimate of drug-likeness (QED) is 0.803. The summed E-state index contributed by atoms with van der Waals surface area (Å²) in [4.78, 5) is 33.0. The molecule has 1 aromatic carbocycles. The average molecular weight is 266 g/mol. The van der Waals surface area contributed by atoms with Gasteiger partial charge in [-0.1, -0.05) is 0 Å². The van der Waals surface area contributed by atoms with E-state index in [9.17, 15) is 14.4 Å². The van der Waals surface area contributed by atoms with Crippen molar-refractivity contribution in [3.8, 4) is 5.75 Å². The standard InChI is InChI=1S/C12H14N2O5/c1-2-18-12(17)14-10(15)7-19-9-5-3-8(4-6-9)11(13)16/h3-6H,2,7H2,1H3,(H2,13,16)(H,14,15,17). The number of primary amides is 1. The smallest absolute Gasteiger partial charge is 0.413 e. The van der Waals surface area contributed by atoms with E-state index in [1.807, 2.05) is 5.32 Å². The van der Waals surface area contributed by atoms with E-state index in [4.69, 9.17) is 10.5 Å². The number of carbonyl (C=O) groups excluding carboxylic acids is 3. The minimum Gasteiger partial charge on any atom is -0.484 e. The van der Waals surface area contributed by atoms with Crippen LogP contribution in [0.5, 0.6) is 5.75 Å². The van der Waals surface area contributed by atoms with Crippen LogP contribution >= 0.6 is 0 Å². The maximum atomic E-state index is 11.3. The number of alkyl carbamates (subject to hydrolysis) is 1. The van der Waals surface area contributed by atoms with Gasteiger partial charge in [0, 0.05) is 5.56 Å². The summed E-state index contributed by atoms with van der Waals surface area (Å²) in [5.74, 6) is -0.798. The first-order valence-corrected chi connectivity index (χ1v) is 5.52. The van der Waals surface area contributed by atoms with E-state index in [-0.39, 0.29) is 13.2 Å². The van der Waals surface area contributed by atoms with Gasteiger partial charge in [-0.3, -0.25) is 14.9 Å². The van der Waals surface area contributed by atoms with Crippen LogP contribution in [-0.4, -0.2) is 31.1 Å². The van der Waals surface area contributed by atoms with E-state index >= 15 is 0 Å². The van der Waals surface area contributed by atoms with E-state index in [1.54, 1.807) is 6.92 Å². The SMILES string of the molecule is CCOC(=O)NC(=O)COc1ccc(C(N)=O)cc1. The summed E-state index contributed by atoms with van der Waals surface area (Å²) in [6.45, 7) is 1.46. The first kappa shape index (κ1) is 14.5. The molecule has 0 unspecified atom stereocenters. The second kappa shape index (κ2) is 7.00. The summed E-state index contributed by atoms with van der Waals surface area (Å²) in [5.41, 5.74) is 5.41. The van der Waals surface area contributed by atoms with Crippen LogP contribution < -0.4 is 15.8 Å². The predicted molar refractivity (Wildman–Crippen MR) is 65.6 cm³/mol. The van der Waals surface area contributed by atoms with Crippen LogP contribution in [0, 0.1) is 0 Å². The van der Waals surface area contributed by atoms with Gasteiger partial charge < -0.3 is 15.2 Å². The highest BCUT2D eigenvalue weighted by Gasteiger charge is 2.09. The Labute approximate surface area is 109 Å². The van der Waals surface area contributed by atoms with Gasteiger partial charge in [0.05, 0.1) is 6.61 Å². The molecule has 3 N–H and O–H groups in total. The van der Waals surface area contributed by atoms with Crippen molar-refractivity contribution in [1.82, 2.24) is 5.32 Å². The molecule has 0 fully saturated rings. The highest BCUT2D eigenvalue weighted by molar-refractivity contribution is 5.93. The van der Waals surface area contributed by atoms with Crippen molar-refractivity contribution in [2.75, 3.05) is 13.2 Å². The Kier molecular flexibility index (Phi) is 5.34. The molecule has 3 amide bonds. The minimum absolute atomic E-state index is 0.175. The fourth-order valence-corrected chi connectivity index (χ4v) is 1.18. The topological polar surface area (TPSA) is 108 Å². The van der Waals surface area contributed by atoms with Crippen LogP contribution in [0.25, 0.3) is 0 Å². The molecule has 7 heteroatoms. The zero-order chi connectivity index (χ0) is 14.3. The molecular weight excluding hydrogens is 252 g/mol. The second-order valence-electron chi connectivity index (χ2n) is 3.45. The number of hydrogen-bond donors (Lipinski definition) is 2. The number of carbonyl (C=O) groups is 3. The van der Waals surface area contributed by atoms with E-state index in [0.717, 1.165) is 0 Å². The molecular formula is C12H14N2O5. The molecule has 1 rings (SSSR count). The van der Waals surface area contributed by atoms with Gasteiger partial charge in [-0.25, -0.2) is 4.79 Å². The van der Waals surface area contributed by atoms with Gasteiger partial charge in [0.1, 0.15) is 5.75 Å². The molecule has 0 heterocycles. The minimum atomic E-state index is -0.819. The van der Waals surface area contributed by atoms with E-state index in [1.165, 1.54) is 24.3 Å². The summed E-state index contributed by atoms with van der Waals surface area (Å²) in [5, 5.41) is 1.98. The zero-order valence-corrected chi connectivity index (χ0v) is 10.3. The van der Waals surface area contributed by atoms with E-state index < -0.39 is 17.9 Å². The lowest BCUT2D eigenvalue weighted by Crippen LogP contribution is -2.34. The first-order chi connectivity index (χ1) is 9.02. The van der Waals surface area contributed by atoms with Gasteiger partial charge in [-0.15, -0.1) is 0 Å². The number of rotatable bonds is 5. The zero-order valence-electron chi connectivity index (χ0n) is 10.3. The summed E-state index contributed by atoms with van der Waals surface area (Å²) in [7, 11) is 0. The molecule has 0 spiro atoms. The van der Waals surface area contributed by atoms with Gasteiger partial charge in [0.15, 0.2) is 6.61 Å². The number of imide groups is 1. The Bertz CT molecular complexity index is 470. The third-order valence-corrected chi connectivity index (χ3v) is 2.03. The molecule has 1 aromatic rings. The highest BCUT2D eigenvalue weighted by Crippen LogP contribution is 2.11. The lowest BCUT2D eigenvalue weighted by molar-refractivity contribution is -0.122. The summed E-state index contributed by atoms with van der Waals surface area (Å²) < 4.78 is 9.64. The van der Waals surface area contributed by atoms with Crippen molar-refractivity contribution in [3.05, 3.63) is 29.8 Å². The van der Waals surface area contributed by atoms with Crippen molar-refractivity contribution in [3.63, 3.8) is 0 Å². The van der Waals surface area contributed by atoms with E-state index in [0.29, 0.717) is 11.3 Å². The Hall–Kier alpha value is -2.57. The third-order valence-electron chi connectivity index (χ3n) is 2.03. The van der Waals surface area contributed by atoms with Gasteiger partial charge in [0.25, 0.3) is 5.91 Å². The largest absolute Gasteiger partial charge is 0.484 e. The van der Waals surface area contributed by atoms with Crippen LogP contribution in [0.4, 0.5) is 4.79 Å². The number of hydrogen-bond acceptors (Lipinski definition) is 5.